The van der Waals surface area contributed by atoms with Gasteiger partial charge in [0, 0.05) is 12.6 Å². The molecule has 2 fully saturated rings. The van der Waals surface area contributed by atoms with Crippen LogP contribution in [0.3, 0.4) is 0 Å². The number of nitrogens with one attached hydrogen (secondary N) is 2. The minimum atomic E-state index is 0.758. The lowest BCUT2D eigenvalue weighted by atomic mass is 9.81. The molecule has 88 valence electrons. The third kappa shape index (κ3) is 3.46. The van der Waals surface area contributed by atoms with Crippen molar-refractivity contribution in [2.75, 3.05) is 19.6 Å². The Labute approximate surface area is 94.2 Å². The van der Waals surface area contributed by atoms with E-state index in [0.29, 0.717) is 0 Å². The van der Waals surface area contributed by atoms with Gasteiger partial charge in [-0.2, -0.15) is 0 Å². The minimum Gasteiger partial charge on any atom is -0.315 e. The summed E-state index contributed by atoms with van der Waals surface area (Å²) in [6.07, 6.45) is 8.60. The van der Waals surface area contributed by atoms with Gasteiger partial charge in [-0.05, 0) is 44.2 Å². The molecule has 2 N–H and O–H groups in total. The van der Waals surface area contributed by atoms with Crippen LogP contribution in [-0.2, 0) is 0 Å². The second-order valence-corrected chi connectivity index (χ2v) is 5.39. The summed E-state index contributed by atoms with van der Waals surface area (Å²) in [5.41, 5.74) is 0. The molecule has 1 heterocycles. The Balaban J connectivity index is 1.59. The van der Waals surface area contributed by atoms with E-state index in [1.54, 1.807) is 0 Å². The fourth-order valence-electron chi connectivity index (χ4n) is 3.01. The second-order valence-electron chi connectivity index (χ2n) is 5.39. The molecule has 0 aromatic heterocycles. The molecule has 2 nitrogen and oxygen atoms in total. The Bertz CT molecular complexity index is 167. The molecule has 2 aliphatic rings. The summed E-state index contributed by atoms with van der Waals surface area (Å²) in [5, 5.41) is 7.14. The van der Waals surface area contributed by atoms with Gasteiger partial charge in [0.15, 0.2) is 0 Å². The first-order chi connectivity index (χ1) is 7.38. The molecular weight excluding hydrogens is 184 g/mol. The van der Waals surface area contributed by atoms with Crippen LogP contribution in [0.15, 0.2) is 0 Å². The van der Waals surface area contributed by atoms with Crippen molar-refractivity contribution in [1.29, 1.82) is 0 Å². The zero-order valence-corrected chi connectivity index (χ0v) is 10.1. The zero-order valence-electron chi connectivity index (χ0n) is 10.1. The topological polar surface area (TPSA) is 24.1 Å². The van der Waals surface area contributed by atoms with Gasteiger partial charge in [0.25, 0.3) is 0 Å². The first-order valence-electron chi connectivity index (χ1n) is 6.82. The maximum absolute atomic E-state index is 3.72. The van der Waals surface area contributed by atoms with Crippen LogP contribution in [-0.4, -0.2) is 25.7 Å². The van der Waals surface area contributed by atoms with Crippen molar-refractivity contribution in [3.8, 4) is 0 Å². The van der Waals surface area contributed by atoms with Crippen molar-refractivity contribution >= 4 is 0 Å². The van der Waals surface area contributed by atoms with Crippen molar-refractivity contribution < 1.29 is 0 Å². The SMILES string of the molecule is CCC1CCC(CNC2CCNC2)CC1. The average molecular weight is 210 g/mol. The molecule has 15 heavy (non-hydrogen) atoms. The Hall–Kier alpha value is -0.0800. The Morgan fingerprint density at radius 3 is 2.40 bits per heavy atom. The summed E-state index contributed by atoms with van der Waals surface area (Å²) < 4.78 is 0. The van der Waals surface area contributed by atoms with Crippen LogP contribution in [0.4, 0.5) is 0 Å². The van der Waals surface area contributed by atoms with Crippen LogP contribution < -0.4 is 10.6 Å². The van der Waals surface area contributed by atoms with Gasteiger partial charge >= 0.3 is 0 Å². The van der Waals surface area contributed by atoms with Crippen molar-refractivity contribution in [3.63, 3.8) is 0 Å². The lowest BCUT2D eigenvalue weighted by Crippen LogP contribution is -2.35. The molecule has 2 heteroatoms. The molecule has 0 bridgehead atoms. The number of hydrogen-bond acceptors (Lipinski definition) is 2. The number of rotatable bonds is 4. The molecule has 0 amide bonds. The molecule has 0 spiro atoms. The van der Waals surface area contributed by atoms with Crippen LogP contribution in [0.5, 0.6) is 0 Å². The molecular formula is C13H26N2. The molecule has 1 saturated heterocycles. The number of hydrogen-bond donors (Lipinski definition) is 2. The standard InChI is InChI=1S/C13H26N2/c1-2-11-3-5-12(6-4-11)9-15-13-7-8-14-10-13/h11-15H,2-10H2,1H3. The lowest BCUT2D eigenvalue weighted by Gasteiger charge is -2.28. The van der Waals surface area contributed by atoms with E-state index >= 15 is 0 Å². The van der Waals surface area contributed by atoms with E-state index in [2.05, 4.69) is 17.6 Å². The summed E-state index contributed by atoms with van der Waals surface area (Å²) in [5.74, 6) is 2.00. The normalized spacial score (nSPS) is 37.0. The summed E-state index contributed by atoms with van der Waals surface area (Å²) in [6.45, 7) is 6.00. The van der Waals surface area contributed by atoms with Crippen molar-refractivity contribution in [2.24, 2.45) is 11.8 Å². The third-order valence-electron chi connectivity index (χ3n) is 4.30. The van der Waals surface area contributed by atoms with E-state index in [1.165, 1.54) is 58.2 Å². The highest BCUT2D eigenvalue weighted by molar-refractivity contribution is 4.80. The van der Waals surface area contributed by atoms with E-state index in [-0.39, 0.29) is 0 Å². The van der Waals surface area contributed by atoms with Gasteiger partial charge in [-0.25, -0.2) is 0 Å². The monoisotopic (exact) mass is 210 g/mol. The van der Waals surface area contributed by atoms with Crippen LogP contribution >= 0.6 is 0 Å². The predicted octanol–water partition coefficient (Wildman–Crippen LogP) is 2.15. The molecule has 1 saturated carbocycles. The Morgan fingerprint density at radius 1 is 1.07 bits per heavy atom. The summed E-state index contributed by atoms with van der Waals surface area (Å²) in [7, 11) is 0. The van der Waals surface area contributed by atoms with Crippen molar-refractivity contribution in [2.45, 2.75) is 51.5 Å². The van der Waals surface area contributed by atoms with E-state index in [1.807, 2.05) is 0 Å². The van der Waals surface area contributed by atoms with Gasteiger partial charge in [-0.3, -0.25) is 0 Å². The molecule has 0 aromatic rings. The smallest absolute Gasteiger partial charge is 0.0204 e. The predicted molar refractivity (Wildman–Crippen MR) is 65.0 cm³/mol. The Kier molecular flexibility index (Phi) is 4.45. The van der Waals surface area contributed by atoms with Gasteiger partial charge in [0.2, 0.25) is 0 Å². The average Bonchev–Trinajstić information content (AvgIpc) is 2.80. The quantitative estimate of drug-likeness (QED) is 0.743. The first kappa shape index (κ1) is 11.4. The fraction of sp³-hybridized carbons (Fsp3) is 1.00. The molecule has 0 aromatic carbocycles. The summed E-state index contributed by atoms with van der Waals surface area (Å²) >= 11 is 0. The van der Waals surface area contributed by atoms with Gasteiger partial charge in [0.05, 0.1) is 0 Å². The van der Waals surface area contributed by atoms with E-state index in [0.717, 1.165) is 17.9 Å². The highest BCUT2D eigenvalue weighted by Gasteiger charge is 2.21. The highest BCUT2D eigenvalue weighted by Crippen LogP contribution is 2.30. The van der Waals surface area contributed by atoms with Crippen LogP contribution in [0.25, 0.3) is 0 Å². The van der Waals surface area contributed by atoms with E-state index in [4.69, 9.17) is 0 Å². The van der Waals surface area contributed by atoms with Gasteiger partial charge in [0.1, 0.15) is 0 Å². The largest absolute Gasteiger partial charge is 0.315 e. The summed E-state index contributed by atoms with van der Waals surface area (Å²) in [4.78, 5) is 0. The highest BCUT2D eigenvalue weighted by atomic mass is 15.0. The van der Waals surface area contributed by atoms with E-state index < -0.39 is 0 Å². The maximum atomic E-state index is 3.72. The maximum Gasteiger partial charge on any atom is 0.0204 e. The van der Waals surface area contributed by atoms with Crippen LogP contribution in [0.1, 0.15) is 45.4 Å². The van der Waals surface area contributed by atoms with Crippen LogP contribution in [0.2, 0.25) is 0 Å². The minimum absolute atomic E-state index is 0.758. The second kappa shape index (κ2) is 5.86. The molecule has 1 aliphatic carbocycles. The van der Waals surface area contributed by atoms with E-state index in [9.17, 15) is 0 Å². The zero-order chi connectivity index (χ0) is 10.5. The third-order valence-corrected chi connectivity index (χ3v) is 4.30. The Morgan fingerprint density at radius 2 is 1.80 bits per heavy atom. The van der Waals surface area contributed by atoms with Gasteiger partial charge in [-0.15, -0.1) is 0 Å². The fourth-order valence-corrected chi connectivity index (χ4v) is 3.01. The van der Waals surface area contributed by atoms with Crippen molar-refractivity contribution in [3.05, 3.63) is 0 Å². The molecule has 1 aliphatic heterocycles. The van der Waals surface area contributed by atoms with Gasteiger partial charge in [-0.1, -0.05) is 26.2 Å². The molecule has 2 rings (SSSR count). The first-order valence-corrected chi connectivity index (χ1v) is 6.82. The molecule has 1 atom stereocenters. The molecule has 0 radical (unpaired) electrons. The lowest BCUT2D eigenvalue weighted by molar-refractivity contribution is 0.258. The van der Waals surface area contributed by atoms with Crippen molar-refractivity contribution in [1.82, 2.24) is 10.6 Å². The van der Waals surface area contributed by atoms with Gasteiger partial charge < -0.3 is 10.6 Å². The molecule has 1 unspecified atom stereocenters. The summed E-state index contributed by atoms with van der Waals surface area (Å²) in [6, 6.07) is 0.758. The van der Waals surface area contributed by atoms with Crippen LogP contribution in [0, 0.1) is 11.8 Å².